The van der Waals surface area contributed by atoms with Crippen LogP contribution in [0.25, 0.3) is 0 Å². The summed E-state index contributed by atoms with van der Waals surface area (Å²) in [6, 6.07) is 7.30. The Morgan fingerprint density at radius 1 is 1.21 bits per heavy atom. The minimum absolute atomic E-state index is 0.637. The van der Waals surface area contributed by atoms with Crippen molar-refractivity contribution in [2.75, 3.05) is 0 Å². The van der Waals surface area contributed by atoms with E-state index in [1.54, 1.807) is 0 Å². The maximum absolute atomic E-state index is 3.72. The fourth-order valence-corrected chi connectivity index (χ4v) is 3.43. The summed E-state index contributed by atoms with van der Waals surface area (Å²) in [5, 5.41) is 3.72. The van der Waals surface area contributed by atoms with Gasteiger partial charge in [0.2, 0.25) is 0 Å². The molecule has 1 aliphatic carbocycles. The fraction of sp³-hybridized carbons (Fsp3) is 0.647. The monoisotopic (exact) mass is 323 g/mol. The van der Waals surface area contributed by atoms with Gasteiger partial charge in [-0.05, 0) is 49.8 Å². The Labute approximate surface area is 126 Å². The summed E-state index contributed by atoms with van der Waals surface area (Å²) in [5.41, 5.74) is 2.68. The lowest BCUT2D eigenvalue weighted by atomic mass is 9.93. The van der Waals surface area contributed by atoms with Crippen LogP contribution < -0.4 is 5.32 Å². The molecular weight excluding hydrogens is 298 g/mol. The van der Waals surface area contributed by atoms with Crippen LogP contribution in [0, 0.1) is 12.8 Å². The molecule has 1 saturated carbocycles. The topological polar surface area (TPSA) is 12.0 Å². The summed E-state index contributed by atoms with van der Waals surface area (Å²) >= 11 is 3.61. The Balaban J connectivity index is 1.84. The van der Waals surface area contributed by atoms with Gasteiger partial charge in [0.05, 0.1) is 0 Å². The molecule has 1 aromatic carbocycles. The lowest BCUT2D eigenvalue weighted by Gasteiger charge is -2.23. The van der Waals surface area contributed by atoms with E-state index in [-0.39, 0.29) is 0 Å². The van der Waals surface area contributed by atoms with Gasteiger partial charge in [0, 0.05) is 17.1 Å². The van der Waals surface area contributed by atoms with E-state index in [0.29, 0.717) is 6.04 Å². The van der Waals surface area contributed by atoms with Crippen molar-refractivity contribution in [3.8, 4) is 0 Å². The molecule has 106 valence electrons. The molecule has 0 saturated heterocycles. The van der Waals surface area contributed by atoms with Gasteiger partial charge in [0.25, 0.3) is 0 Å². The van der Waals surface area contributed by atoms with Crippen LogP contribution in [0.1, 0.15) is 56.6 Å². The number of hydrogen-bond acceptors (Lipinski definition) is 1. The third kappa shape index (κ3) is 4.61. The van der Waals surface area contributed by atoms with Crippen LogP contribution in [-0.4, -0.2) is 6.04 Å². The SMILES string of the molecule is Cc1ccc(CN[C@@H](C)C2CCCCCC2)cc1Br. The van der Waals surface area contributed by atoms with Gasteiger partial charge in [0.1, 0.15) is 0 Å². The van der Waals surface area contributed by atoms with Crippen molar-refractivity contribution in [3.63, 3.8) is 0 Å². The van der Waals surface area contributed by atoms with Gasteiger partial charge in [-0.15, -0.1) is 0 Å². The summed E-state index contributed by atoms with van der Waals surface area (Å²) in [7, 11) is 0. The molecule has 0 heterocycles. The van der Waals surface area contributed by atoms with Crippen LogP contribution in [0.15, 0.2) is 22.7 Å². The molecule has 1 nitrogen and oxygen atoms in total. The standard InChI is InChI=1S/C17H26BrN/c1-13-9-10-15(11-17(13)18)12-19-14(2)16-7-5-3-4-6-8-16/h9-11,14,16,19H,3-8,12H2,1-2H3/t14-/m0/s1. The van der Waals surface area contributed by atoms with Gasteiger partial charge in [-0.2, -0.15) is 0 Å². The van der Waals surface area contributed by atoms with E-state index in [1.165, 1.54) is 54.1 Å². The fourth-order valence-electron chi connectivity index (χ4n) is 3.00. The summed E-state index contributed by atoms with van der Waals surface area (Å²) in [6.07, 6.45) is 8.54. The van der Waals surface area contributed by atoms with Crippen molar-refractivity contribution in [2.24, 2.45) is 5.92 Å². The van der Waals surface area contributed by atoms with E-state index in [4.69, 9.17) is 0 Å². The Kier molecular flexibility index (Phi) is 5.90. The largest absolute Gasteiger partial charge is 0.310 e. The van der Waals surface area contributed by atoms with Crippen molar-refractivity contribution >= 4 is 15.9 Å². The molecule has 0 bridgehead atoms. The van der Waals surface area contributed by atoms with Gasteiger partial charge in [-0.1, -0.05) is 53.7 Å². The lowest BCUT2D eigenvalue weighted by Crippen LogP contribution is -2.32. The van der Waals surface area contributed by atoms with E-state index < -0.39 is 0 Å². The Bertz CT molecular complexity index is 394. The third-order valence-corrected chi connectivity index (χ3v) is 5.33. The first-order chi connectivity index (χ1) is 9.16. The van der Waals surface area contributed by atoms with Gasteiger partial charge < -0.3 is 5.32 Å². The lowest BCUT2D eigenvalue weighted by molar-refractivity contribution is 0.336. The highest BCUT2D eigenvalue weighted by Gasteiger charge is 2.18. The molecular formula is C17H26BrN. The van der Waals surface area contributed by atoms with Crippen molar-refractivity contribution in [1.29, 1.82) is 0 Å². The zero-order valence-corrected chi connectivity index (χ0v) is 13.8. The molecule has 19 heavy (non-hydrogen) atoms. The highest BCUT2D eigenvalue weighted by Crippen LogP contribution is 2.25. The molecule has 1 aromatic rings. The van der Waals surface area contributed by atoms with Crippen molar-refractivity contribution < 1.29 is 0 Å². The first kappa shape index (κ1) is 15.1. The molecule has 0 aliphatic heterocycles. The molecule has 1 atom stereocenters. The van der Waals surface area contributed by atoms with Crippen molar-refractivity contribution in [3.05, 3.63) is 33.8 Å². The Morgan fingerprint density at radius 2 is 1.89 bits per heavy atom. The first-order valence-electron chi connectivity index (χ1n) is 7.65. The summed E-state index contributed by atoms with van der Waals surface area (Å²) < 4.78 is 1.22. The smallest absolute Gasteiger partial charge is 0.0208 e. The Hall–Kier alpha value is -0.340. The number of halogens is 1. The highest BCUT2D eigenvalue weighted by atomic mass is 79.9. The second-order valence-corrected chi connectivity index (χ2v) is 6.86. The van der Waals surface area contributed by atoms with Crippen LogP contribution in [-0.2, 0) is 6.54 Å². The maximum atomic E-state index is 3.72. The summed E-state index contributed by atoms with van der Waals surface area (Å²) in [4.78, 5) is 0. The average Bonchev–Trinajstić information content (AvgIpc) is 2.69. The number of benzene rings is 1. The molecule has 1 aliphatic rings. The molecule has 1 fully saturated rings. The van der Waals surface area contributed by atoms with Crippen LogP contribution in [0.4, 0.5) is 0 Å². The van der Waals surface area contributed by atoms with Crippen molar-refractivity contribution in [2.45, 2.75) is 65.0 Å². The molecule has 0 amide bonds. The van der Waals surface area contributed by atoms with Crippen LogP contribution in [0.5, 0.6) is 0 Å². The maximum Gasteiger partial charge on any atom is 0.0208 e. The number of hydrogen-bond donors (Lipinski definition) is 1. The zero-order chi connectivity index (χ0) is 13.7. The van der Waals surface area contributed by atoms with E-state index in [9.17, 15) is 0 Å². The molecule has 0 radical (unpaired) electrons. The predicted octanol–water partition coefficient (Wildman–Crippen LogP) is 5.21. The minimum atomic E-state index is 0.637. The average molecular weight is 324 g/mol. The second kappa shape index (κ2) is 7.44. The van der Waals surface area contributed by atoms with E-state index in [1.807, 2.05) is 0 Å². The molecule has 2 heteroatoms. The molecule has 0 spiro atoms. The zero-order valence-electron chi connectivity index (χ0n) is 12.2. The number of nitrogens with one attached hydrogen (secondary N) is 1. The highest BCUT2D eigenvalue weighted by molar-refractivity contribution is 9.10. The predicted molar refractivity (Wildman–Crippen MR) is 86.4 cm³/mol. The van der Waals surface area contributed by atoms with E-state index in [0.717, 1.165) is 12.5 Å². The van der Waals surface area contributed by atoms with Crippen LogP contribution >= 0.6 is 15.9 Å². The number of aryl methyl sites for hydroxylation is 1. The first-order valence-corrected chi connectivity index (χ1v) is 8.44. The van der Waals surface area contributed by atoms with Gasteiger partial charge in [0.15, 0.2) is 0 Å². The molecule has 2 rings (SSSR count). The van der Waals surface area contributed by atoms with Gasteiger partial charge in [-0.3, -0.25) is 0 Å². The van der Waals surface area contributed by atoms with Gasteiger partial charge in [-0.25, -0.2) is 0 Å². The Morgan fingerprint density at radius 3 is 2.53 bits per heavy atom. The minimum Gasteiger partial charge on any atom is -0.310 e. The van der Waals surface area contributed by atoms with Crippen molar-refractivity contribution in [1.82, 2.24) is 5.32 Å². The quantitative estimate of drug-likeness (QED) is 0.750. The van der Waals surface area contributed by atoms with E-state index in [2.05, 4.69) is 53.3 Å². The summed E-state index contributed by atoms with van der Waals surface area (Å²) in [5.74, 6) is 0.872. The normalized spacial score (nSPS) is 19.1. The van der Waals surface area contributed by atoms with Crippen LogP contribution in [0.2, 0.25) is 0 Å². The summed E-state index contributed by atoms with van der Waals surface area (Å²) in [6.45, 7) is 5.48. The molecule has 0 unspecified atom stereocenters. The number of rotatable bonds is 4. The molecule has 1 N–H and O–H groups in total. The third-order valence-electron chi connectivity index (χ3n) is 4.47. The second-order valence-electron chi connectivity index (χ2n) is 6.00. The van der Waals surface area contributed by atoms with Crippen LogP contribution in [0.3, 0.4) is 0 Å². The van der Waals surface area contributed by atoms with E-state index >= 15 is 0 Å². The molecule has 0 aromatic heterocycles. The van der Waals surface area contributed by atoms with Gasteiger partial charge >= 0.3 is 0 Å².